The molecule has 2 heterocycles. The number of anilines is 1. The molecule has 1 aliphatic rings. The fraction of sp³-hybridized carbons (Fsp3) is 0.714. The van der Waals surface area contributed by atoms with Crippen molar-refractivity contribution in [1.29, 1.82) is 0 Å². The topological polar surface area (TPSA) is 29.0 Å². The van der Waals surface area contributed by atoms with Crippen molar-refractivity contribution in [1.82, 2.24) is 10.2 Å². The summed E-state index contributed by atoms with van der Waals surface area (Å²) in [6, 6.07) is 4.13. The normalized spacial score (nSPS) is 17.8. The molecular weight excluding hydrogens is 210 g/mol. The maximum atomic E-state index is 4.26. The van der Waals surface area contributed by atoms with E-state index in [1.807, 2.05) is 13.0 Å². The maximum Gasteiger partial charge on any atom is 0.151 e. The molecule has 2 rings (SSSR count). The van der Waals surface area contributed by atoms with E-state index in [2.05, 4.69) is 35.0 Å². The van der Waals surface area contributed by atoms with Gasteiger partial charge in [0.1, 0.15) is 0 Å². The first-order valence-corrected chi connectivity index (χ1v) is 6.70. The van der Waals surface area contributed by atoms with Crippen LogP contribution in [0.25, 0.3) is 0 Å². The minimum Gasteiger partial charge on any atom is -0.355 e. The van der Waals surface area contributed by atoms with Crippen molar-refractivity contribution in [2.24, 2.45) is 11.8 Å². The highest BCUT2D eigenvalue weighted by molar-refractivity contribution is 5.37. The van der Waals surface area contributed by atoms with Crippen molar-refractivity contribution in [2.75, 3.05) is 18.0 Å². The minimum absolute atomic E-state index is 0.825. The van der Waals surface area contributed by atoms with Crippen molar-refractivity contribution in [2.45, 2.75) is 40.0 Å². The lowest BCUT2D eigenvalue weighted by molar-refractivity contribution is 0.337. The Labute approximate surface area is 104 Å². The van der Waals surface area contributed by atoms with Crippen LogP contribution in [0, 0.1) is 18.8 Å². The van der Waals surface area contributed by atoms with Crippen molar-refractivity contribution >= 4 is 5.82 Å². The number of rotatable bonds is 3. The van der Waals surface area contributed by atoms with Gasteiger partial charge in [0.05, 0.1) is 5.69 Å². The van der Waals surface area contributed by atoms with Gasteiger partial charge in [0, 0.05) is 13.1 Å². The molecule has 3 heteroatoms. The second kappa shape index (κ2) is 5.48. The van der Waals surface area contributed by atoms with Gasteiger partial charge in [0.2, 0.25) is 0 Å². The van der Waals surface area contributed by atoms with Gasteiger partial charge >= 0.3 is 0 Å². The lowest BCUT2D eigenvalue weighted by Gasteiger charge is -2.33. The third-order valence-electron chi connectivity index (χ3n) is 3.53. The van der Waals surface area contributed by atoms with Crippen LogP contribution in [0.5, 0.6) is 0 Å². The molecule has 0 radical (unpaired) electrons. The standard InChI is InChI=1S/C14H23N3/c1-11(2)10-13-6-8-17(9-7-13)14-5-4-12(3)15-16-14/h4-5,11,13H,6-10H2,1-3H3. The molecule has 0 unspecified atom stereocenters. The van der Waals surface area contributed by atoms with E-state index < -0.39 is 0 Å². The van der Waals surface area contributed by atoms with E-state index in [4.69, 9.17) is 0 Å². The van der Waals surface area contributed by atoms with Crippen molar-refractivity contribution in [3.05, 3.63) is 17.8 Å². The SMILES string of the molecule is Cc1ccc(N2CCC(CC(C)C)CC2)nn1. The molecule has 0 spiro atoms. The second-order valence-corrected chi connectivity index (χ2v) is 5.59. The van der Waals surface area contributed by atoms with Gasteiger partial charge in [-0.15, -0.1) is 5.10 Å². The fourth-order valence-electron chi connectivity index (χ4n) is 2.62. The summed E-state index contributed by atoms with van der Waals surface area (Å²) in [6.07, 6.45) is 3.97. The predicted molar refractivity (Wildman–Crippen MR) is 71.2 cm³/mol. The Bertz CT molecular complexity index is 337. The first kappa shape index (κ1) is 12.3. The molecule has 1 saturated heterocycles. The number of nitrogens with zero attached hydrogens (tertiary/aromatic N) is 3. The number of piperidine rings is 1. The summed E-state index contributed by atoms with van der Waals surface area (Å²) in [4.78, 5) is 2.36. The van der Waals surface area contributed by atoms with Gasteiger partial charge in [-0.2, -0.15) is 5.10 Å². The highest BCUT2D eigenvalue weighted by Crippen LogP contribution is 2.26. The van der Waals surface area contributed by atoms with Crippen LogP contribution in [0.2, 0.25) is 0 Å². The molecule has 1 aliphatic heterocycles. The van der Waals surface area contributed by atoms with Crippen molar-refractivity contribution in [3.8, 4) is 0 Å². The first-order chi connectivity index (χ1) is 8.15. The van der Waals surface area contributed by atoms with Gasteiger partial charge in [-0.1, -0.05) is 13.8 Å². The van der Waals surface area contributed by atoms with Gasteiger partial charge < -0.3 is 4.90 Å². The minimum atomic E-state index is 0.825. The third kappa shape index (κ3) is 3.42. The van der Waals surface area contributed by atoms with Crippen LogP contribution in [-0.4, -0.2) is 23.3 Å². The average Bonchev–Trinajstić information content (AvgIpc) is 2.30. The summed E-state index contributed by atoms with van der Waals surface area (Å²) in [6.45, 7) is 8.88. The summed E-state index contributed by atoms with van der Waals surface area (Å²) < 4.78 is 0. The van der Waals surface area contributed by atoms with Crippen LogP contribution >= 0.6 is 0 Å². The van der Waals surface area contributed by atoms with Crippen LogP contribution < -0.4 is 4.90 Å². The number of hydrogen-bond donors (Lipinski definition) is 0. The molecule has 0 N–H and O–H groups in total. The molecule has 3 nitrogen and oxygen atoms in total. The van der Waals surface area contributed by atoms with Gasteiger partial charge in [-0.25, -0.2) is 0 Å². The molecule has 1 fully saturated rings. The van der Waals surface area contributed by atoms with E-state index in [9.17, 15) is 0 Å². The highest BCUT2D eigenvalue weighted by Gasteiger charge is 2.20. The Hall–Kier alpha value is -1.12. The third-order valence-corrected chi connectivity index (χ3v) is 3.53. The molecule has 0 atom stereocenters. The molecule has 0 saturated carbocycles. The molecule has 94 valence electrons. The summed E-state index contributed by atoms with van der Waals surface area (Å²) in [5.74, 6) is 2.77. The van der Waals surface area contributed by atoms with Gasteiger partial charge in [-0.3, -0.25) is 0 Å². The maximum absolute atomic E-state index is 4.26. The Morgan fingerprint density at radius 1 is 1.24 bits per heavy atom. The van der Waals surface area contributed by atoms with E-state index in [0.717, 1.165) is 36.4 Å². The Balaban J connectivity index is 1.88. The average molecular weight is 233 g/mol. The predicted octanol–water partition coefficient (Wildman–Crippen LogP) is 3.05. The molecule has 0 aliphatic carbocycles. The zero-order chi connectivity index (χ0) is 12.3. The zero-order valence-electron chi connectivity index (χ0n) is 11.2. The van der Waals surface area contributed by atoms with Crippen LogP contribution in [0.4, 0.5) is 5.82 Å². The molecule has 0 bridgehead atoms. The van der Waals surface area contributed by atoms with E-state index in [1.165, 1.54) is 19.3 Å². The number of aryl methyl sites for hydroxylation is 1. The van der Waals surface area contributed by atoms with Crippen LogP contribution in [0.3, 0.4) is 0 Å². The van der Waals surface area contributed by atoms with Crippen molar-refractivity contribution in [3.63, 3.8) is 0 Å². The monoisotopic (exact) mass is 233 g/mol. The van der Waals surface area contributed by atoms with Gasteiger partial charge in [-0.05, 0) is 50.2 Å². The van der Waals surface area contributed by atoms with Crippen LogP contribution in [0.1, 0.15) is 38.8 Å². The van der Waals surface area contributed by atoms with Crippen LogP contribution in [-0.2, 0) is 0 Å². The van der Waals surface area contributed by atoms with E-state index >= 15 is 0 Å². The van der Waals surface area contributed by atoms with Crippen molar-refractivity contribution < 1.29 is 0 Å². The molecule has 0 amide bonds. The smallest absolute Gasteiger partial charge is 0.151 e. The first-order valence-electron chi connectivity index (χ1n) is 6.70. The van der Waals surface area contributed by atoms with E-state index in [-0.39, 0.29) is 0 Å². The van der Waals surface area contributed by atoms with Crippen LogP contribution in [0.15, 0.2) is 12.1 Å². The number of hydrogen-bond acceptors (Lipinski definition) is 3. The lowest BCUT2D eigenvalue weighted by atomic mass is 9.89. The Kier molecular flexibility index (Phi) is 3.97. The molecule has 1 aromatic rings. The summed E-state index contributed by atoms with van der Waals surface area (Å²) in [7, 11) is 0. The summed E-state index contributed by atoms with van der Waals surface area (Å²) in [5.41, 5.74) is 0.989. The Morgan fingerprint density at radius 3 is 2.47 bits per heavy atom. The molecule has 1 aromatic heterocycles. The molecule has 17 heavy (non-hydrogen) atoms. The van der Waals surface area contributed by atoms with Gasteiger partial charge in [0.15, 0.2) is 5.82 Å². The number of aromatic nitrogens is 2. The summed E-state index contributed by atoms with van der Waals surface area (Å²) in [5, 5.41) is 8.39. The second-order valence-electron chi connectivity index (χ2n) is 5.59. The highest BCUT2D eigenvalue weighted by atomic mass is 15.3. The quantitative estimate of drug-likeness (QED) is 0.803. The largest absolute Gasteiger partial charge is 0.355 e. The summed E-state index contributed by atoms with van der Waals surface area (Å²) >= 11 is 0. The lowest BCUT2D eigenvalue weighted by Crippen LogP contribution is -2.34. The molecule has 0 aromatic carbocycles. The van der Waals surface area contributed by atoms with Gasteiger partial charge in [0.25, 0.3) is 0 Å². The van der Waals surface area contributed by atoms with E-state index in [1.54, 1.807) is 0 Å². The molecular formula is C14H23N3. The Morgan fingerprint density at radius 2 is 1.94 bits per heavy atom. The zero-order valence-corrected chi connectivity index (χ0v) is 11.2. The van der Waals surface area contributed by atoms with E-state index in [0.29, 0.717) is 0 Å². The fourth-order valence-corrected chi connectivity index (χ4v) is 2.62.